The fraction of sp³-hybridized carbons (Fsp3) is 0.464. The van der Waals surface area contributed by atoms with Crippen molar-refractivity contribution in [1.29, 1.82) is 0 Å². The molecule has 0 saturated carbocycles. The lowest BCUT2D eigenvalue weighted by molar-refractivity contribution is -0.0573. The highest BCUT2D eigenvalue weighted by Gasteiger charge is 2.24. The molecule has 0 radical (unpaired) electrons. The van der Waals surface area contributed by atoms with E-state index in [9.17, 15) is 9.50 Å². The van der Waals surface area contributed by atoms with Gasteiger partial charge >= 0.3 is 0 Å². The average molecular weight is 484 g/mol. The second-order valence-electron chi connectivity index (χ2n) is 10.3. The molecule has 0 aliphatic carbocycles. The van der Waals surface area contributed by atoms with E-state index in [-0.39, 0.29) is 18.0 Å². The highest BCUT2D eigenvalue weighted by atomic mass is 19.1. The van der Waals surface area contributed by atoms with E-state index in [1.807, 2.05) is 58.2 Å². The van der Waals surface area contributed by atoms with Gasteiger partial charge in [0.25, 0.3) is 0 Å². The maximum atomic E-state index is 13.4. The van der Waals surface area contributed by atoms with Crippen LogP contribution in [0.2, 0.25) is 0 Å². The zero-order valence-electron chi connectivity index (χ0n) is 21.7. The zero-order valence-corrected chi connectivity index (χ0v) is 21.7. The minimum Gasteiger partial charge on any atom is -0.439 e. The van der Waals surface area contributed by atoms with Gasteiger partial charge in [0.05, 0.1) is 23.9 Å². The van der Waals surface area contributed by atoms with Crippen LogP contribution in [0.25, 0.3) is 11.3 Å². The predicted octanol–water partition coefficient (Wildman–Crippen LogP) is 5.65. The third kappa shape index (κ3) is 8.16. The molecule has 7 heteroatoms. The molecule has 0 fully saturated rings. The van der Waals surface area contributed by atoms with Gasteiger partial charge in [0, 0.05) is 32.2 Å². The Morgan fingerprint density at radius 2 is 1.69 bits per heavy atom. The van der Waals surface area contributed by atoms with E-state index in [0.29, 0.717) is 30.6 Å². The van der Waals surface area contributed by atoms with Crippen molar-refractivity contribution >= 4 is 0 Å². The van der Waals surface area contributed by atoms with E-state index < -0.39 is 6.10 Å². The molecule has 35 heavy (non-hydrogen) atoms. The van der Waals surface area contributed by atoms with Gasteiger partial charge < -0.3 is 14.6 Å². The first-order valence-corrected chi connectivity index (χ1v) is 12.1. The number of aliphatic hydroxyl groups excluding tert-OH is 1. The molecule has 6 nitrogen and oxygen atoms in total. The topological polar surface area (TPSA) is 59.8 Å². The largest absolute Gasteiger partial charge is 0.439 e. The number of aromatic nitrogens is 2. The maximum absolute atomic E-state index is 13.4. The Morgan fingerprint density at radius 3 is 2.29 bits per heavy atom. The number of nitrogens with zero attached hydrogens (tertiary/aromatic N) is 3. The van der Waals surface area contributed by atoms with Gasteiger partial charge in [0.1, 0.15) is 17.3 Å². The summed E-state index contributed by atoms with van der Waals surface area (Å²) in [4.78, 5) is 2.21. The summed E-state index contributed by atoms with van der Waals surface area (Å²) < 4.78 is 27.2. The van der Waals surface area contributed by atoms with Gasteiger partial charge in [-0.25, -0.2) is 9.07 Å². The Bertz CT molecular complexity index is 1060. The van der Waals surface area contributed by atoms with Crippen LogP contribution in [0, 0.1) is 11.7 Å². The Morgan fingerprint density at radius 1 is 1.03 bits per heavy atom. The van der Waals surface area contributed by atoms with Crippen LogP contribution in [0.3, 0.4) is 0 Å². The third-order valence-corrected chi connectivity index (χ3v) is 5.35. The lowest BCUT2D eigenvalue weighted by Crippen LogP contribution is -2.38. The highest BCUT2D eigenvalue weighted by molar-refractivity contribution is 5.65. The monoisotopic (exact) mass is 483 g/mol. The number of benzene rings is 2. The standard InChI is InChI=1S/C28H38FN3O3/c1-20(2)16-32(17-23(33)19-34-28(3,4)5)18-25-26(21-10-8-7-9-11-21)30-31(6)27(25)35-24-14-12-22(29)13-15-24/h7-15,20,23,33H,16-19H2,1-6H3/t23-/m1/s1. The SMILES string of the molecule is CC(C)CN(Cc1c(-c2ccccc2)nn(C)c1Oc1ccc(F)cc1)C[C@@H](O)COC(C)(C)C. The molecule has 0 amide bonds. The van der Waals surface area contributed by atoms with Crippen molar-refractivity contribution in [3.8, 4) is 22.9 Å². The minimum atomic E-state index is -0.633. The molecule has 0 saturated heterocycles. The Labute approximate surface area is 208 Å². The normalized spacial score (nSPS) is 13.0. The smallest absolute Gasteiger partial charge is 0.222 e. The number of hydrogen-bond acceptors (Lipinski definition) is 5. The minimum absolute atomic E-state index is 0.260. The van der Waals surface area contributed by atoms with Crippen LogP contribution < -0.4 is 4.74 Å². The van der Waals surface area contributed by atoms with Crippen molar-refractivity contribution in [3.05, 3.63) is 66.0 Å². The van der Waals surface area contributed by atoms with Crippen molar-refractivity contribution in [3.63, 3.8) is 0 Å². The first kappa shape index (κ1) is 26.9. The summed E-state index contributed by atoms with van der Waals surface area (Å²) in [6, 6.07) is 15.9. The molecule has 190 valence electrons. The summed E-state index contributed by atoms with van der Waals surface area (Å²) >= 11 is 0. The molecular weight excluding hydrogens is 445 g/mol. The zero-order chi connectivity index (χ0) is 25.6. The summed E-state index contributed by atoms with van der Waals surface area (Å²) in [5, 5.41) is 15.5. The molecule has 0 unspecified atom stereocenters. The van der Waals surface area contributed by atoms with Gasteiger partial charge in [-0.1, -0.05) is 44.2 Å². The van der Waals surface area contributed by atoms with Crippen molar-refractivity contribution < 1.29 is 19.0 Å². The molecule has 0 aliphatic rings. The molecule has 0 bridgehead atoms. The van der Waals surface area contributed by atoms with E-state index in [0.717, 1.165) is 23.4 Å². The maximum Gasteiger partial charge on any atom is 0.222 e. The molecule has 1 N–H and O–H groups in total. The summed E-state index contributed by atoms with van der Waals surface area (Å²) in [7, 11) is 1.84. The summed E-state index contributed by atoms with van der Waals surface area (Å²) in [5.41, 5.74) is 2.39. The Hall–Kier alpha value is -2.74. The quantitative estimate of drug-likeness (QED) is 0.382. The van der Waals surface area contributed by atoms with E-state index >= 15 is 0 Å². The van der Waals surface area contributed by atoms with Crippen molar-refractivity contribution in [2.45, 2.75) is 52.9 Å². The molecule has 1 heterocycles. The highest BCUT2D eigenvalue weighted by Crippen LogP contribution is 2.34. The Kier molecular flexibility index (Phi) is 9.05. The van der Waals surface area contributed by atoms with Crippen LogP contribution in [-0.4, -0.2) is 51.2 Å². The number of hydrogen-bond donors (Lipinski definition) is 1. The van der Waals surface area contributed by atoms with Crippen LogP contribution in [0.4, 0.5) is 4.39 Å². The molecule has 0 spiro atoms. The van der Waals surface area contributed by atoms with E-state index in [2.05, 4.69) is 18.7 Å². The molecule has 1 atom stereocenters. The molecule has 0 aliphatic heterocycles. The second-order valence-corrected chi connectivity index (χ2v) is 10.3. The first-order chi connectivity index (χ1) is 16.5. The number of halogens is 1. The molecule has 3 rings (SSSR count). The predicted molar refractivity (Wildman–Crippen MR) is 137 cm³/mol. The first-order valence-electron chi connectivity index (χ1n) is 12.1. The van der Waals surface area contributed by atoms with Crippen molar-refractivity contribution in [1.82, 2.24) is 14.7 Å². The van der Waals surface area contributed by atoms with E-state index in [1.165, 1.54) is 12.1 Å². The fourth-order valence-corrected chi connectivity index (χ4v) is 3.91. The Balaban J connectivity index is 1.94. The van der Waals surface area contributed by atoms with Crippen LogP contribution >= 0.6 is 0 Å². The second kappa shape index (κ2) is 11.8. The molecular formula is C28H38FN3O3. The summed E-state index contributed by atoms with van der Waals surface area (Å²) in [6.45, 7) is 12.3. The van der Waals surface area contributed by atoms with Gasteiger partial charge in [-0.05, 0) is 51.0 Å². The fourth-order valence-electron chi connectivity index (χ4n) is 3.91. The molecule has 3 aromatic rings. The number of aryl methyl sites for hydroxylation is 1. The summed E-state index contributed by atoms with van der Waals surface area (Å²) in [5.74, 6) is 1.19. The number of ether oxygens (including phenoxy) is 2. The summed E-state index contributed by atoms with van der Waals surface area (Å²) in [6.07, 6.45) is -0.633. The van der Waals surface area contributed by atoms with Crippen molar-refractivity contribution in [2.24, 2.45) is 13.0 Å². The van der Waals surface area contributed by atoms with E-state index in [1.54, 1.807) is 16.8 Å². The van der Waals surface area contributed by atoms with Crippen molar-refractivity contribution in [2.75, 3.05) is 19.7 Å². The lowest BCUT2D eigenvalue weighted by Gasteiger charge is -2.28. The lowest BCUT2D eigenvalue weighted by atomic mass is 10.1. The molecule has 2 aromatic carbocycles. The average Bonchev–Trinajstić information content (AvgIpc) is 3.08. The van der Waals surface area contributed by atoms with Gasteiger partial charge in [-0.3, -0.25) is 4.90 Å². The van der Waals surface area contributed by atoms with Crippen LogP contribution in [0.1, 0.15) is 40.2 Å². The third-order valence-electron chi connectivity index (χ3n) is 5.35. The molecule has 1 aromatic heterocycles. The van der Waals surface area contributed by atoms with Crippen LogP contribution in [0.5, 0.6) is 11.6 Å². The number of aliphatic hydroxyl groups is 1. The van der Waals surface area contributed by atoms with E-state index in [4.69, 9.17) is 14.6 Å². The van der Waals surface area contributed by atoms with Gasteiger partial charge in [-0.15, -0.1) is 0 Å². The van der Waals surface area contributed by atoms with Gasteiger partial charge in [0.15, 0.2) is 0 Å². The van der Waals surface area contributed by atoms with Crippen LogP contribution in [0.15, 0.2) is 54.6 Å². The number of rotatable bonds is 11. The van der Waals surface area contributed by atoms with Gasteiger partial charge in [-0.2, -0.15) is 5.10 Å². The van der Waals surface area contributed by atoms with Gasteiger partial charge in [0.2, 0.25) is 5.88 Å². The van der Waals surface area contributed by atoms with Crippen LogP contribution in [-0.2, 0) is 18.3 Å².